The van der Waals surface area contributed by atoms with Gasteiger partial charge in [0.05, 0.1) is 10.6 Å². The van der Waals surface area contributed by atoms with E-state index in [0.29, 0.717) is 11.1 Å². The van der Waals surface area contributed by atoms with E-state index in [1.54, 1.807) is 11.8 Å². The van der Waals surface area contributed by atoms with Gasteiger partial charge < -0.3 is 5.32 Å². The first kappa shape index (κ1) is 14.8. The number of nitrogens with zero attached hydrogens (tertiary/aromatic N) is 1. The second-order valence-corrected chi connectivity index (χ2v) is 5.99. The van der Waals surface area contributed by atoms with Crippen molar-refractivity contribution in [3.63, 3.8) is 0 Å². The van der Waals surface area contributed by atoms with Gasteiger partial charge in [-0.3, -0.25) is 0 Å². The highest BCUT2D eigenvalue weighted by Gasteiger charge is 2.32. The van der Waals surface area contributed by atoms with Gasteiger partial charge in [0.1, 0.15) is 5.82 Å². The highest BCUT2D eigenvalue weighted by atomic mass is 35.5. The van der Waals surface area contributed by atoms with Crippen LogP contribution in [0.1, 0.15) is 24.8 Å². The van der Waals surface area contributed by atoms with E-state index in [-0.39, 0.29) is 11.1 Å². The molecule has 1 aromatic rings. The Morgan fingerprint density at radius 2 is 2.16 bits per heavy atom. The van der Waals surface area contributed by atoms with Gasteiger partial charge >= 0.3 is 6.18 Å². The number of halogens is 4. The van der Waals surface area contributed by atoms with Crippen LogP contribution in [-0.2, 0) is 6.18 Å². The van der Waals surface area contributed by atoms with Gasteiger partial charge in [0, 0.05) is 17.5 Å². The molecule has 1 N–H and O–H groups in total. The maximum Gasteiger partial charge on any atom is 0.417 e. The molecule has 0 saturated heterocycles. The summed E-state index contributed by atoms with van der Waals surface area (Å²) in [6, 6.07) is 1.14. The molecule has 2 unspecified atom stereocenters. The van der Waals surface area contributed by atoms with Crippen molar-refractivity contribution in [1.29, 1.82) is 0 Å². The van der Waals surface area contributed by atoms with Crippen LogP contribution in [0.25, 0.3) is 0 Å². The fraction of sp³-hybridized carbons (Fsp3) is 0.583. The van der Waals surface area contributed by atoms with Gasteiger partial charge in [-0.1, -0.05) is 18.0 Å². The average molecular weight is 311 g/mol. The van der Waals surface area contributed by atoms with Crippen molar-refractivity contribution < 1.29 is 13.2 Å². The van der Waals surface area contributed by atoms with Crippen LogP contribution in [0.4, 0.5) is 19.0 Å². The molecular weight excluding hydrogens is 297 g/mol. The second kappa shape index (κ2) is 5.79. The van der Waals surface area contributed by atoms with E-state index in [1.807, 2.05) is 6.26 Å². The number of hydrogen-bond acceptors (Lipinski definition) is 3. The highest BCUT2D eigenvalue weighted by molar-refractivity contribution is 7.99. The molecule has 106 valence electrons. The van der Waals surface area contributed by atoms with Crippen LogP contribution in [0.15, 0.2) is 12.3 Å². The molecule has 0 aliphatic heterocycles. The van der Waals surface area contributed by atoms with Crippen LogP contribution in [-0.4, -0.2) is 22.5 Å². The summed E-state index contributed by atoms with van der Waals surface area (Å²) < 4.78 is 37.5. The molecule has 0 amide bonds. The molecule has 1 aliphatic rings. The number of pyridine rings is 1. The fourth-order valence-electron chi connectivity index (χ4n) is 2.25. The molecule has 1 aliphatic carbocycles. The van der Waals surface area contributed by atoms with Gasteiger partial charge in [-0.15, -0.1) is 0 Å². The topological polar surface area (TPSA) is 24.9 Å². The molecule has 0 aromatic carbocycles. The predicted molar refractivity (Wildman–Crippen MR) is 72.8 cm³/mol. The molecule has 7 heteroatoms. The van der Waals surface area contributed by atoms with Crippen molar-refractivity contribution in [2.45, 2.75) is 36.7 Å². The summed E-state index contributed by atoms with van der Waals surface area (Å²) in [5.41, 5.74) is -0.823. The van der Waals surface area contributed by atoms with Crippen molar-refractivity contribution in [2.75, 3.05) is 11.6 Å². The van der Waals surface area contributed by atoms with Crippen molar-refractivity contribution in [3.05, 3.63) is 22.8 Å². The lowest BCUT2D eigenvalue weighted by molar-refractivity contribution is -0.137. The molecule has 2 atom stereocenters. The molecule has 0 radical (unpaired) electrons. The van der Waals surface area contributed by atoms with E-state index in [2.05, 4.69) is 10.3 Å². The molecule has 1 heterocycles. The Labute approximate surface area is 119 Å². The number of thioether (sulfide) groups is 1. The highest BCUT2D eigenvalue weighted by Crippen LogP contribution is 2.35. The first-order valence-corrected chi connectivity index (χ1v) is 7.60. The van der Waals surface area contributed by atoms with E-state index in [9.17, 15) is 13.2 Å². The van der Waals surface area contributed by atoms with Crippen LogP contribution in [0.3, 0.4) is 0 Å². The molecule has 2 rings (SSSR count). The fourth-order valence-corrected chi connectivity index (χ4v) is 3.40. The Balaban J connectivity index is 2.13. The summed E-state index contributed by atoms with van der Waals surface area (Å²) in [5, 5.41) is 3.63. The molecule has 0 spiro atoms. The van der Waals surface area contributed by atoms with Crippen LogP contribution < -0.4 is 5.32 Å². The summed E-state index contributed by atoms with van der Waals surface area (Å²) in [6.45, 7) is 0. The minimum absolute atomic E-state index is 0.0154. The number of rotatable bonds is 3. The van der Waals surface area contributed by atoms with Crippen LogP contribution in [0.5, 0.6) is 0 Å². The first-order chi connectivity index (χ1) is 8.91. The summed E-state index contributed by atoms with van der Waals surface area (Å²) in [5.74, 6) is 0.334. The maximum atomic E-state index is 12.5. The number of anilines is 1. The molecule has 1 aromatic heterocycles. The molecule has 1 saturated carbocycles. The first-order valence-electron chi connectivity index (χ1n) is 5.94. The summed E-state index contributed by atoms with van der Waals surface area (Å²) in [4.78, 5) is 3.80. The standard InChI is InChI=1S/C12H14ClF3N2S/c1-19-10-4-2-3-9(10)18-11-8(13)5-7(6-17-11)12(14,15)16/h5-6,9-10H,2-4H2,1H3,(H,17,18). The number of alkyl halides is 3. The Hall–Kier alpha value is -0.620. The maximum absolute atomic E-state index is 12.5. The lowest BCUT2D eigenvalue weighted by atomic mass is 10.2. The van der Waals surface area contributed by atoms with Gasteiger partial charge in [-0.2, -0.15) is 24.9 Å². The zero-order chi connectivity index (χ0) is 14.0. The normalized spacial score (nSPS) is 23.6. The lowest BCUT2D eigenvalue weighted by Gasteiger charge is -2.20. The van der Waals surface area contributed by atoms with Crippen molar-refractivity contribution in [2.24, 2.45) is 0 Å². The minimum Gasteiger partial charge on any atom is -0.365 e. The average Bonchev–Trinajstić information content (AvgIpc) is 2.77. The zero-order valence-electron chi connectivity index (χ0n) is 10.3. The Morgan fingerprint density at radius 1 is 1.42 bits per heavy atom. The van der Waals surface area contributed by atoms with E-state index in [0.717, 1.165) is 31.5 Å². The van der Waals surface area contributed by atoms with Crippen molar-refractivity contribution in [1.82, 2.24) is 4.98 Å². The van der Waals surface area contributed by atoms with Crippen molar-refractivity contribution in [3.8, 4) is 0 Å². The smallest absolute Gasteiger partial charge is 0.365 e. The van der Waals surface area contributed by atoms with E-state index in [1.165, 1.54) is 0 Å². The van der Waals surface area contributed by atoms with E-state index >= 15 is 0 Å². The summed E-state index contributed by atoms with van der Waals surface area (Å²) in [7, 11) is 0. The van der Waals surface area contributed by atoms with Crippen LogP contribution >= 0.6 is 23.4 Å². The van der Waals surface area contributed by atoms with Crippen LogP contribution in [0, 0.1) is 0 Å². The van der Waals surface area contributed by atoms with Crippen LogP contribution in [0.2, 0.25) is 5.02 Å². The van der Waals surface area contributed by atoms with Gasteiger partial charge in [0.2, 0.25) is 0 Å². The third kappa shape index (κ3) is 3.48. The quantitative estimate of drug-likeness (QED) is 0.893. The Bertz CT molecular complexity index is 453. The molecular formula is C12H14ClF3N2S. The van der Waals surface area contributed by atoms with E-state index in [4.69, 9.17) is 11.6 Å². The zero-order valence-corrected chi connectivity index (χ0v) is 11.9. The molecule has 19 heavy (non-hydrogen) atoms. The van der Waals surface area contributed by atoms with E-state index < -0.39 is 11.7 Å². The summed E-state index contributed by atoms with van der Waals surface area (Å²) >= 11 is 7.63. The summed E-state index contributed by atoms with van der Waals surface area (Å²) in [6.07, 6.45) is 1.65. The SMILES string of the molecule is CSC1CCCC1Nc1ncc(C(F)(F)F)cc1Cl. The van der Waals surface area contributed by atoms with Crippen molar-refractivity contribution >= 4 is 29.2 Å². The Kier molecular flexibility index (Phi) is 4.50. The second-order valence-electron chi connectivity index (χ2n) is 4.51. The van der Waals surface area contributed by atoms with Gasteiger partial charge in [-0.05, 0) is 25.2 Å². The molecule has 1 fully saturated rings. The van der Waals surface area contributed by atoms with Gasteiger partial charge in [0.25, 0.3) is 0 Å². The third-order valence-electron chi connectivity index (χ3n) is 3.25. The largest absolute Gasteiger partial charge is 0.417 e. The lowest BCUT2D eigenvalue weighted by Crippen LogP contribution is -2.26. The number of aromatic nitrogens is 1. The monoisotopic (exact) mass is 310 g/mol. The van der Waals surface area contributed by atoms with Gasteiger partial charge in [-0.25, -0.2) is 4.98 Å². The Morgan fingerprint density at radius 3 is 2.74 bits per heavy atom. The number of hydrogen-bond donors (Lipinski definition) is 1. The minimum atomic E-state index is -4.41. The number of nitrogens with one attached hydrogen (secondary N) is 1. The molecule has 0 bridgehead atoms. The van der Waals surface area contributed by atoms with Gasteiger partial charge in [0.15, 0.2) is 0 Å². The third-order valence-corrected chi connectivity index (χ3v) is 4.70. The molecule has 2 nitrogen and oxygen atoms in total. The predicted octanol–water partition coefficient (Wildman–Crippen LogP) is 4.45.